The molecule has 7 nitrogen and oxygen atoms in total. The number of ether oxygens (including phenoxy) is 2. The predicted octanol–water partition coefficient (Wildman–Crippen LogP) is 5.41. The lowest BCUT2D eigenvalue weighted by Crippen LogP contribution is -2.41. The summed E-state index contributed by atoms with van der Waals surface area (Å²) in [4.78, 5) is 11.9. The summed E-state index contributed by atoms with van der Waals surface area (Å²) >= 11 is 11.6. The summed E-state index contributed by atoms with van der Waals surface area (Å²) in [5.41, 5.74) is -0.754. The molecule has 1 aromatic heterocycles. The zero-order valence-corrected chi connectivity index (χ0v) is 20.7. The maximum Gasteiger partial charge on any atom is 0.423 e. The Morgan fingerprint density at radius 1 is 1.06 bits per heavy atom. The zero-order valence-electron chi connectivity index (χ0n) is 17.6. The van der Waals surface area contributed by atoms with Gasteiger partial charge in [-0.25, -0.2) is 13.6 Å². The fraction of sp³-hybridized carbons (Fsp3) is 0.526. The van der Waals surface area contributed by atoms with Crippen molar-refractivity contribution in [2.24, 2.45) is 0 Å². The van der Waals surface area contributed by atoms with Gasteiger partial charge in [0.1, 0.15) is 0 Å². The molecule has 0 saturated heterocycles. The number of fused-ring (bicyclic) bond motifs is 1. The molecule has 13 heteroatoms. The summed E-state index contributed by atoms with van der Waals surface area (Å²) in [7, 11) is -4.64. The minimum atomic E-state index is -4.64. The Morgan fingerprint density at radius 3 is 2.09 bits per heavy atom. The number of benzene rings is 1. The van der Waals surface area contributed by atoms with E-state index in [4.69, 9.17) is 32.7 Å². The second-order valence-corrected chi connectivity index (χ2v) is 11.2. The lowest BCUT2D eigenvalue weighted by Gasteiger charge is -2.19. The lowest BCUT2D eigenvalue weighted by atomic mass is 10.1. The van der Waals surface area contributed by atoms with Crippen molar-refractivity contribution < 1.29 is 35.6 Å². The number of alkyl halides is 2. The molecule has 0 aliphatic rings. The van der Waals surface area contributed by atoms with Crippen LogP contribution in [0.1, 0.15) is 33.6 Å². The Labute approximate surface area is 199 Å². The van der Waals surface area contributed by atoms with Gasteiger partial charge in [-0.3, -0.25) is 0 Å². The average molecular weight is 534 g/mol. The summed E-state index contributed by atoms with van der Waals surface area (Å²) in [6.07, 6.45) is -0.490. The number of hydrogen-bond donors (Lipinski definition) is 1. The van der Waals surface area contributed by atoms with E-state index in [1.807, 2.05) is 0 Å². The van der Waals surface area contributed by atoms with Crippen molar-refractivity contribution in [3.63, 3.8) is 0 Å². The molecule has 0 saturated carbocycles. The van der Waals surface area contributed by atoms with Crippen LogP contribution >= 0.6 is 34.5 Å². The van der Waals surface area contributed by atoms with Gasteiger partial charge in [0.2, 0.25) is 11.5 Å². The minimum absolute atomic E-state index is 0.0101. The van der Waals surface area contributed by atoms with E-state index >= 15 is 8.78 Å². The van der Waals surface area contributed by atoms with Crippen LogP contribution < -0.4 is 14.8 Å². The van der Waals surface area contributed by atoms with Gasteiger partial charge in [0, 0.05) is 22.7 Å². The SMILES string of the molecule is CC(C)(C)NC(=O)OS(=O)(=O)c1cc2c(F)c(OCCCCl)c(OCCCCl)c(F)c2s1. The van der Waals surface area contributed by atoms with Crippen LogP contribution in [0.15, 0.2) is 10.3 Å². The highest BCUT2D eigenvalue weighted by Gasteiger charge is 2.30. The number of hydrogen-bond acceptors (Lipinski definition) is 7. The zero-order chi connectivity index (χ0) is 24.1. The third-order valence-electron chi connectivity index (χ3n) is 3.71. The maximum atomic E-state index is 15.2. The van der Waals surface area contributed by atoms with Gasteiger partial charge in [-0.15, -0.1) is 34.5 Å². The Bertz CT molecular complexity index is 1020. The Hall–Kier alpha value is -1.56. The van der Waals surface area contributed by atoms with Gasteiger partial charge in [0.05, 0.1) is 17.9 Å². The van der Waals surface area contributed by atoms with Gasteiger partial charge in [-0.2, -0.15) is 8.42 Å². The number of nitrogens with one attached hydrogen (secondary N) is 1. The van der Waals surface area contributed by atoms with E-state index in [-0.39, 0.29) is 35.1 Å². The minimum Gasteiger partial charge on any atom is -0.487 e. The number of thiophene rings is 1. The molecule has 0 fully saturated rings. The van der Waals surface area contributed by atoms with E-state index in [9.17, 15) is 13.2 Å². The van der Waals surface area contributed by atoms with Crippen LogP contribution in [0.2, 0.25) is 0 Å². The van der Waals surface area contributed by atoms with Crippen LogP contribution in [0.4, 0.5) is 13.6 Å². The Balaban J connectivity index is 2.50. The molecule has 1 N–H and O–H groups in total. The van der Waals surface area contributed by atoms with Gasteiger partial charge < -0.3 is 19.0 Å². The highest BCUT2D eigenvalue weighted by molar-refractivity contribution is 7.89. The van der Waals surface area contributed by atoms with Crippen molar-refractivity contribution in [2.75, 3.05) is 25.0 Å². The molecule has 1 amide bonds. The van der Waals surface area contributed by atoms with Crippen molar-refractivity contribution in [1.82, 2.24) is 5.32 Å². The van der Waals surface area contributed by atoms with Crippen LogP contribution in [0.25, 0.3) is 10.1 Å². The van der Waals surface area contributed by atoms with E-state index in [0.29, 0.717) is 24.2 Å². The molecule has 32 heavy (non-hydrogen) atoms. The second-order valence-electron chi connectivity index (χ2n) is 7.58. The first kappa shape index (κ1) is 26.7. The van der Waals surface area contributed by atoms with E-state index in [1.165, 1.54) is 0 Å². The molecule has 0 aliphatic heterocycles. The molecule has 1 heterocycles. The maximum absolute atomic E-state index is 15.2. The van der Waals surface area contributed by atoms with Gasteiger partial charge in [0.25, 0.3) is 0 Å². The first-order chi connectivity index (χ1) is 14.9. The van der Waals surface area contributed by atoms with Gasteiger partial charge in [-0.05, 0) is 39.7 Å². The topological polar surface area (TPSA) is 90.9 Å². The van der Waals surface area contributed by atoms with Crippen LogP contribution in [-0.2, 0) is 14.3 Å². The Kier molecular flexibility index (Phi) is 9.21. The van der Waals surface area contributed by atoms with E-state index in [2.05, 4.69) is 9.50 Å². The predicted molar refractivity (Wildman–Crippen MR) is 120 cm³/mol. The van der Waals surface area contributed by atoms with Crippen molar-refractivity contribution in [2.45, 2.75) is 43.4 Å². The molecule has 0 radical (unpaired) electrons. The van der Waals surface area contributed by atoms with Crippen molar-refractivity contribution >= 4 is 60.8 Å². The second kappa shape index (κ2) is 11.0. The monoisotopic (exact) mass is 533 g/mol. The molecule has 2 aromatic rings. The third kappa shape index (κ3) is 6.72. The van der Waals surface area contributed by atoms with Crippen molar-refractivity contribution in [3.8, 4) is 11.5 Å². The van der Waals surface area contributed by atoms with Crippen LogP contribution in [0, 0.1) is 11.6 Å². The summed E-state index contributed by atoms with van der Waals surface area (Å²) < 4.78 is 69.7. The quantitative estimate of drug-likeness (QED) is 0.249. The molecule has 2 rings (SSSR count). The number of carbonyl (C=O) groups is 1. The standard InChI is InChI=1S/C19H23Cl2F2NO6S2/c1-19(2,3)24-18(25)30-32(26,27)12-10-11-13(22)15(28-8-4-6-20)16(29-9-5-7-21)14(23)17(11)31-12/h10H,4-9H2,1-3H3,(H,24,25). The molecule has 0 atom stereocenters. The number of carbonyl (C=O) groups excluding carboxylic acids is 1. The molecular formula is C19H23Cl2F2NO6S2. The highest BCUT2D eigenvalue weighted by atomic mass is 35.5. The van der Waals surface area contributed by atoms with Crippen molar-refractivity contribution in [3.05, 3.63) is 17.7 Å². The third-order valence-corrected chi connectivity index (χ3v) is 7.01. The normalized spacial score (nSPS) is 12.1. The molecule has 0 bridgehead atoms. The molecule has 0 aliphatic carbocycles. The first-order valence-electron chi connectivity index (χ1n) is 9.50. The molecule has 180 valence electrons. The number of rotatable bonds is 10. The van der Waals surface area contributed by atoms with Crippen molar-refractivity contribution in [1.29, 1.82) is 0 Å². The van der Waals surface area contributed by atoms with E-state index in [0.717, 1.165) is 6.07 Å². The highest BCUT2D eigenvalue weighted by Crippen LogP contribution is 2.44. The fourth-order valence-electron chi connectivity index (χ4n) is 2.43. The first-order valence-corrected chi connectivity index (χ1v) is 12.8. The van der Waals surface area contributed by atoms with Gasteiger partial charge >= 0.3 is 16.2 Å². The summed E-state index contributed by atoms with van der Waals surface area (Å²) in [6, 6.07) is 0.884. The molecule has 0 unspecified atom stereocenters. The Morgan fingerprint density at radius 2 is 1.59 bits per heavy atom. The van der Waals surface area contributed by atoms with E-state index < -0.39 is 49.1 Å². The summed E-state index contributed by atoms with van der Waals surface area (Å²) in [5.74, 6) is -2.51. The van der Waals surface area contributed by atoms with Gasteiger partial charge in [0.15, 0.2) is 15.8 Å². The van der Waals surface area contributed by atoms with Gasteiger partial charge in [-0.1, -0.05) is 0 Å². The summed E-state index contributed by atoms with van der Waals surface area (Å²) in [6.45, 7) is 4.86. The average Bonchev–Trinajstić information content (AvgIpc) is 3.13. The number of amides is 1. The van der Waals surface area contributed by atoms with E-state index in [1.54, 1.807) is 20.8 Å². The number of halogens is 4. The smallest absolute Gasteiger partial charge is 0.423 e. The summed E-state index contributed by atoms with van der Waals surface area (Å²) in [5, 5.41) is 1.98. The van der Waals surface area contributed by atoms with Crippen LogP contribution in [0.5, 0.6) is 11.5 Å². The lowest BCUT2D eigenvalue weighted by molar-refractivity contribution is 0.193. The molecule has 0 spiro atoms. The molecular weight excluding hydrogens is 511 g/mol. The van der Waals surface area contributed by atoms with Crippen LogP contribution in [0.3, 0.4) is 0 Å². The van der Waals surface area contributed by atoms with Crippen LogP contribution in [-0.4, -0.2) is 45.0 Å². The fourth-order valence-corrected chi connectivity index (χ4v) is 4.81. The largest absolute Gasteiger partial charge is 0.487 e. The molecule has 1 aromatic carbocycles.